The summed E-state index contributed by atoms with van der Waals surface area (Å²) in [7, 11) is 0. The normalized spacial score (nSPS) is 23.0. The summed E-state index contributed by atoms with van der Waals surface area (Å²) in [6, 6.07) is 6.69. The molecular weight excluding hydrogens is 364 g/mol. The first-order valence-electron chi connectivity index (χ1n) is 10.8. The quantitative estimate of drug-likeness (QED) is 0.807. The van der Waals surface area contributed by atoms with Crippen LogP contribution in [0.15, 0.2) is 30.6 Å². The highest BCUT2D eigenvalue weighted by molar-refractivity contribution is 5.97. The summed E-state index contributed by atoms with van der Waals surface area (Å²) in [5, 5.41) is 4.29. The van der Waals surface area contributed by atoms with E-state index in [1.165, 1.54) is 24.0 Å². The van der Waals surface area contributed by atoms with Gasteiger partial charge in [0.05, 0.1) is 23.8 Å². The van der Waals surface area contributed by atoms with E-state index in [-0.39, 0.29) is 29.9 Å². The van der Waals surface area contributed by atoms with Gasteiger partial charge in [-0.1, -0.05) is 6.07 Å². The Balaban J connectivity index is 1.28. The molecule has 2 bridgehead atoms. The van der Waals surface area contributed by atoms with Gasteiger partial charge in [-0.05, 0) is 69.2 Å². The van der Waals surface area contributed by atoms with Crippen molar-refractivity contribution in [2.45, 2.75) is 64.1 Å². The molecule has 152 valence electrons. The third-order valence-corrected chi connectivity index (χ3v) is 6.74. The minimum atomic E-state index is 0.0327. The van der Waals surface area contributed by atoms with Crippen molar-refractivity contribution in [3.63, 3.8) is 0 Å². The monoisotopic (exact) mass is 392 g/mol. The molecular formula is C23H28N4O2. The number of nitrogens with zero attached hydrogens (tertiary/aromatic N) is 4. The van der Waals surface area contributed by atoms with Gasteiger partial charge in [-0.3, -0.25) is 14.3 Å². The standard InChI is InChI=1S/C23H28N4O2/c1-15(2)27-12-19(11-24-27)23(29)26-14-20-10-21(26)13-25(20)22(28)18-8-7-16-5-3-4-6-17(16)9-18/h7-9,11-12,15,20-21H,3-6,10,13-14H2,1-2H3/t20-,21-/m0/s1. The molecule has 6 nitrogen and oxygen atoms in total. The van der Waals surface area contributed by atoms with E-state index in [9.17, 15) is 9.59 Å². The maximum Gasteiger partial charge on any atom is 0.257 e. The van der Waals surface area contributed by atoms with Crippen LogP contribution in [0, 0.1) is 0 Å². The number of aromatic nitrogens is 2. The van der Waals surface area contributed by atoms with E-state index < -0.39 is 0 Å². The van der Waals surface area contributed by atoms with Crippen molar-refractivity contribution in [1.29, 1.82) is 0 Å². The number of piperazine rings is 1. The predicted molar refractivity (Wildman–Crippen MR) is 110 cm³/mol. The average molecular weight is 393 g/mol. The first kappa shape index (κ1) is 18.4. The molecule has 2 aliphatic heterocycles. The summed E-state index contributed by atoms with van der Waals surface area (Å²) < 4.78 is 1.81. The largest absolute Gasteiger partial charge is 0.332 e. The van der Waals surface area contributed by atoms with E-state index >= 15 is 0 Å². The lowest BCUT2D eigenvalue weighted by atomic mass is 9.90. The van der Waals surface area contributed by atoms with Gasteiger partial charge in [0, 0.05) is 30.9 Å². The van der Waals surface area contributed by atoms with E-state index in [0.717, 1.165) is 24.8 Å². The Morgan fingerprint density at radius 2 is 1.62 bits per heavy atom. The van der Waals surface area contributed by atoms with Gasteiger partial charge >= 0.3 is 0 Å². The number of carbonyl (C=O) groups excluding carboxylic acids is 2. The summed E-state index contributed by atoms with van der Waals surface area (Å²) in [6.45, 7) is 5.34. The maximum atomic E-state index is 13.2. The molecule has 3 aliphatic rings. The number of aryl methyl sites for hydroxylation is 2. The zero-order valence-corrected chi connectivity index (χ0v) is 17.2. The molecule has 1 aromatic carbocycles. The van der Waals surface area contributed by atoms with Crippen LogP contribution in [0.5, 0.6) is 0 Å². The highest BCUT2D eigenvalue weighted by atomic mass is 16.2. The summed E-state index contributed by atoms with van der Waals surface area (Å²) in [5.41, 5.74) is 4.17. The Labute approximate surface area is 171 Å². The average Bonchev–Trinajstić information content (AvgIpc) is 3.47. The van der Waals surface area contributed by atoms with Gasteiger partial charge in [0.2, 0.25) is 0 Å². The molecule has 0 spiro atoms. The number of fused-ring (bicyclic) bond motifs is 3. The van der Waals surface area contributed by atoms with Gasteiger partial charge in [-0.15, -0.1) is 0 Å². The SMILES string of the molecule is CC(C)n1cc(C(=O)N2C[C@@H]3C[C@H]2CN3C(=O)c2ccc3c(c2)CCCC3)cn1. The lowest BCUT2D eigenvalue weighted by Gasteiger charge is -2.34. The lowest BCUT2D eigenvalue weighted by Crippen LogP contribution is -2.50. The molecule has 3 heterocycles. The second-order valence-corrected chi connectivity index (χ2v) is 8.95. The Bertz CT molecular complexity index is 964. The van der Waals surface area contributed by atoms with E-state index in [2.05, 4.69) is 17.2 Å². The minimum absolute atomic E-state index is 0.0327. The molecule has 5 rings (SSSR count). The molecule has 0 radical (unpaired) electrons. The Morgan fingerprint density at radius 3 is 2.24 bits per heavy atom. The fraction of sp³-hybridized carbons (Fsp3) is 0.522. The first-order chi connectivity index (χ1) is 14.0. The van der Waals surface area contributed by atoms with E-state index in [4.69, 9.17) is 0 Å². The third-order valence-electron chi connectivity index (χ3n) is 6.74. The number of hydrogen-bond acceptors (Lipinski definition) is 3. The van der Waals surface area contributed by atoms with Crippen molar-refractivity contribution in [1.82, 2.24) is 19.6 Å². The maximum absolute atomic E-state index is 13.2. The van der Waals surface area contributed by atoms with Crippen molar-refractivity contribution in [2.75, 3.05) is 13.1 Å². The minimum Gasteiger partial charge on any atom is -0.332 e. The molecule has 2 atom stereocenters. The molecule has 1 aliphatic carbocycles. The molecule has 0 saturated carbocycles. The van der Waals surface area contributed by atoms with Crippen LogP contribution in [0.1, 0.15) is 71.0 Å². The van der Waals surface area contributed by atoms with E-state index in [0.29, 0.717) is 18.7 Å². The van der Waals surface area contributed by atoms with Crippen molar-refractivity contribution in [2.24, 2.45) is 0 Å². The fourth-order valence-electron chi connectivity index (χ4n) is 5.09. The van der Waals surface area contributed by atoms with Crippen LogP contribution in [0.25, 0.3) is 0 Å². The Morgan fingerprint density at radius 1 is 0.966 bits per heavy atom. The van der Waals surface area contributed by atoms with Gasteiger partial charge in [-0.25, -0.2) is 0 Å². The summed E-state index contributed by atoms with van der Waals surface area (Å²) in [5.74, 6) is 0.149. The highest BCUT2D eigenvalue weighted by Crippen LogP contribution is 2.33. The number of amides is 2. The van der Waals surface area contributed by atoms with Crippen LogP contribution in [0.4, 0.5) is 0 Å². The number of rotatable bonds is 3. The van der Waals surface area contributed by atoms with Crippen LogP contribution in [0.2, 0.25) is 0 Å². The molecule has 0 unspecified atom stereocenters. The zero-order valence-electron chi connectivity index (χ0n) is 17.2. The Kier molecular flexibility index (Phi) is 4.45. The first-order valence-corrected chi connectivity index (χ1v) is 10.8. The van der Waals surface area contributed by atoms with Gasteiger partial charge in [0.1, 0.15) is 0 Å². The van der Waals surface area contributed by atoms with Gasteiger partial charge in [-0.2, -0.15) is 5.10 Å². The fourth-order valence-corrected chi connectivity index (χ4v) is 5.09. The number of likely N-dealkylation sites (tertiary alicyclic amines) is 2. The van der Waals surface area contributed by atoms with Gasteiger partial charge in [0.15, 0.2) is 0 Å². The van der Waals surface area contributed by atoms with Crippen molar-refractivity contribution in [3.8, 4) is 0 Å². The molecule has 29 heavy (non-hydrogen) atoms. The summed E-state index contributed by atoms with van der Waals surface area (Å²) in [4.78, 5) is 30.0. The van der Waals surface area contributed by atoms with Crippen molar-refractivity contribution < 1.29 is 9.59 Å². The topological polar surface area (TPSA) is 58.4 Å². The summed E-state index contributed by atoms with van der Waals surface area (Å²) >= 11 is 0. The molecule has 2 aromatic rings. The van der Waals surface area contributed by atoms with Gasteiger partial charge < -0.3 is 9.80 Å². The van der Waals surface area contributed by atoms with Crippen LogP contribution in [0.3, 0.4) is 0 Å². The molecule has 0 N–H and O–H groups in total. The van der Waals surface area contributed by atoms with Crippen LogP contribution in [-0.4, -0.2) is 56.6 Å². The smallest absolute Gasteiger partial charge is 0.257 e. The molecule has 1 aromatic heterocycles. The van der Waals surface area contributed by atoms with Crippen molar-refractivity contribution in [3.05, 3.63) is 52.8 Å². The predicted octanol–water partition coefficient (Wildman–Crippen LogP) is 3.08. The zero-order chi connectivity index (χ0) is 20.1. The van der Waals surface area contributed by atoms with Crippen LogP contribution in [-0.2, 0) is 12.8 Å². The third kappa shape index (κ3) is 3.15. The second-order valence-electron chi connectivity index (χ2n) is 8.95. The van der Waals surface area contributed by atoms with E-state index in [1.807, 2.05) is 40.6 Å². The second kappa shape index (κ2) is 7.01. The van der Waals surface area contributed by atoms with Crippen LogP contribution >= 0.6 is 0 Å². The Hall–Kier alpha value is -2.63. The lowest BCUT2D eigenvalue weighted by molar-refractivity contribution is 0.0526. The molecule has 6 heteroatoms. The van der Waals surface area contributed by atoms with Crippen LogP contribution < -0.4 is 0 Å². The van der Waals surface area contributed by atoms with Crippen molar-refractivity contribution >= 4 is 11.8 Å². The number of benzene rings is 1. The summed E-state index contributed by atoms with van der Waals surface area (Å²) in [6.07, 6.45) is 9.03. The number of hydrogen-bond donors (Lipinski definition) is 0. The van der Waals surface area contributed by atoms with E-state index in [1.54, 1.807) is 6.20 Å². The molecule has 2 amide bonds. The molecule has 2 fully saturated rings. The van der Waals surface area contributed by atoms with Gasteiger partial charge in [0.25, 0.3) is 11.8 Å². The molecule has 2 saturated heterocycles. The number of carbonyl (C=O) groups is 2. The highest BCUT2D eigenvalue weighted by Gasteiger charge is 2.47.